The van der Waals surface area contributed by atoms with Crippen molar-refractivity contribution in [2.75, 3.05) is 13.2 Å². The van der Waals surface area contributed by atoms with Crippen molar-refractivity contribution in [1.29, 1.82) is 0 Å². The van der Waals surface area contributed by atoms with Gasteiger partial charge >= 0.3 is 0 Å². The smallest absolute Gasteiger partial charge is 0.121 e. The monoisotopic (exact) mass is 282 g/mol. The van der Waals surface area contributed by atoms with Crippen LogP contribution < -0.4 is 10.1 Å². The number of fused-ring (bicyclic) bond motifs is 1. The Hall–Kier alpha value is -2.33. The second-order valence-electron chi connectivity index (χ2n) is 4.90. The molecule has 3 aromatic rings. The van der Waals surface area contributed by atoms with Crippen LogP contribution in [-0.4, -0.2) is 18.1 Å². The van der Waals surface area contributed by atoms with Crippen LogP contribution in [0.2, 0.25) is 0 Å². The van der Waals surface area contributed by atoms with Gasteiger partial charge in [0.25, 0.3) is 0 Å². The number of ether oxygens (including phenoxy) is 1. The van der Waals surface area contributed by atoms with Crippen molar-refractivity contribution >= 4 is 10.9 Å². The highest BCUT2D eigenvalue weighted by molar-refractivity contribution is 5.79. The Labute approximate surface area is 123 Å². The van der Waals surface area contributed by atoms with Crippen molar-refractivity contribution in [1.82, 2.24) is 10.3 Å². The van der Waals surface area contributed by atoms with Gasteiger partial charge in [0.1, 0.15) is 18.1 Å². The highest BCUT2D eigenvalue weighted by Crippen LogP contribution is 2.18. The fourth-order valence-corrected chi connectivity index (χ4v) is 2.22. The second-order valence-corrected chi connectivity index (χ2v) is 4.90. The van der Waals surface area contributed by atoms with Crippen LogP contribution in [0.1, 0.15) is 18.7 Å². The second kappa shape index (κ2) is 6.41. The summed E-state index contributed by atoms with van der Waals surface area (Å²) in [5.41, 5.74) is 0.951. The zero-order valence-corrected chi connectivity index (χ0v) is 12.0. The van der Waals surface area contributed by atoms with E-state index in [1.54, 1.807) is 12.5 Å². The lowest BCUT2D eigenvalue weighted by Crippen LogP contribution is -2.24. The number of furan rings is 1. The molecule has 1 N–H and O–H groups in total. The van der Waals surface area contributed by atoms with E-state index in [2.05, 4.69) is 17.2 Å². The number of pyridine rings is 1. The Balaban J connectivity index is 1.50. The Morgan fingerprint density at radius 1 is 1.24 bits per heavy atom. The van der Waals surface area contributed by atoms with Gasteiger partial charge in [-0.2, -0.15) is 0 Å². The topological polar surface area (TPSA) is 47.3 Å². The number of rotatable bonds is 6. The predicted octanol–water partition coefficient (Wildman–Crippen LogP) is 3.56. The van der Waals surface area contributed by atoms with Crippen LogP contribution in [0, 0.1) is 0 Å². The van der Waals surface area contributed by atoms with E-state index in [-0.39, 0.29) is 6.04 Å². The minimum atomic E-state index is 0.182. The molecule has 0 saturated carbocycles. The number of benzene rings is 1. The Morgan fingerprint density at radius 2 is 2.19 bits per heavy atom. The lowest BCUT2D eigenvalue weighted by Gasteiger charge is -2.12. The molecule has 0 bridgehead atoms. The van der Waals surface area contributed by atoms with Crippen molar-refractivity contribution in [3.05, 3.63) is 60.7 Å². The van der Waals surface area contributed by atoms with Crippen molar-refractivity contribution in [3.8, 4) is 5.75 Å². The normalized spacial score (nSPS) is 12.4. The Kier molecular flexibility index (Phi) is 4.17. The highest BCUT2D eigenvalue weighted by atomic mass is 16.5. The van der Waals surface area contributed by atoms with E-state index in [4.69, 9.17) is 9.15 Å². The zero-order chi connectivity index (χ0) is 14.5. The number of aromatic nitrogens is 1. The van der Waals surface area contributed by atoms with Crippen molar-refractivity contribution in [3.63, 3.8) is 0 Å². The minimum absolute atomic E-state index is 0.182. The summed E-state index contributed by atoms with van der Waals surface area (Å²) in [6.07, 6.45) is 3.48. The molecular weight excluding hydrogens is 264 g/mol. The summed E-state index contributed by atoms with van der Waals surface area (Å²) < 4.78 is 11.1. The lowest BCUT2D eigenvalue weighted by molar-refractivity contribution is 0.302. The molecule has 0 radical (unpaired) electrons. The largest absolute Gasteiger partial charge is 0.492 e. The summed E-state index contributed by atoms with van der Waals surface area (Å²) in [7, 11) is 0. The third-order valence-corrected chi connectivity index (χ3v) is 3.37. The molecule has 108 valence electrons. The summed E-state index contributed by atoms with van der Waals surface area (Å²) in [5, 5.41) is 4.48. The molecule has 0 aliphatic carbocycles. The van der Waals surface area contributed by atoms with Crippen LogP contribution in [0.4, 0.5) is 0 Å². The van der Waals surface area contributed by atoms with Gasteiger partial charge in [0.15, 0.2) is 0 Å². The van der Waals surface area contributed by atoms with Gasteiger partial charge in [0, 0.05) is 24.2 Å². The highest BCUT2D eigenvalue weighted by Gasteiger charge is 2.06. The standard InChI is InChI=1S/C17H18N2O2/c1-13(17-5-3-10-21-17)18-9-11-20-15-7-6-14-4-2-8-19-16(14)12-15/h2-8,10,12-13,18H,9,11H2,1H3. The third-order valence-electron chi connectivity index (χ3n) is 3.37. The minimum Gasteiger partial charge on any atom is -0.492 e. The number of hydrogen-bond donors (Lipinski definition) is 1. The fourth-order valence-electron chi connectivity index (χ4n) is 2.22. The van der Waals surface area contributed by atoms with Crippen LogP contribution in [0.3, 0.4) is 0 Å². The lowest BCUT2D eigenvalue weighted by atomic mass is 10.2. The van der Waals surface area contributed by atoms with E-state index in [1.807, 2.05) is 42.5 Å². The fraction of sp³-hybridized carbons (Fsp3) is 0.235. The van der Waals surface area contributed by atoms with Gasteiger partial charge in [-0.3, -0.25) is 4.98 Å². The predicted molar refractivity (Wildman–Crippen MR) is 82.4 cm³/mol. The average molecular weight is 282 g/mol. The molecule has 1 atom stereocenters. The van der Waals surface area contributed by atoms with E-state index >= 15 is 0 Å². The maximum atomic E-state index is 5.75. The molecule has 3 rings (SSSR count). The molecule has 0 aliphatic rings. The first-order chi connectivity index (χ1) is 10.3. The first-order valence-electron chi connectivity index (χ1n) is 7.07. The molecule has 0 fully saturated rings. The van der Waals surface area contributed by atoms with Gasteiger partial charge in [0.05, 0.1) is 17.8 Å². The van der Waals surface area contributed by atoms with E-state index < -0.39 is 0 Å². The number of hydrogen-bond acceptors (Lipinski definition) is 4. The molecule has 0 aliphatic heterocycles. The third kappa shape index (κ3) is 3.41. The van der Waals surface area contributed by atoms with E-state index in [9.17, 15) is 0 Å². The summed E-state index contributed by atoms with van der Waals surface area (Å²) in [6, 6.07) is 14.0. The number of nitrogens with zero attached hydrogens (tertiary/aromatic N) is 1. The van der Waals surface area contributed by atoms with Crippen LogP contribution in [0.25, 0.3) is 10.9 Å². The van der Waals surface area contributed by atoms with Crippen molar-refractivity contribution < 1.29 is 9.15 Å². The first kappa shape index (κ1) is 13.6. The number of nitrogens with one attached hydrogen (secondary N) is 1. The molecule has 1 aromatic carbocycles. The van der Waals surface area contributed by atoms with E-state index in [0.717, 1.165) is 29.0 Å². The summed E-state index contributed by atoms with van der Waals surface area (Å²) in [6.45, 7) is 3.42. The van der Waals surface area contributed by atoms with E-state index in [1.165, 1.54) is 0 Å². The zero-order valence-electron chi connectivity index (χ0n) is 12.0. The summed E-state index contributed by atoms with van der Waals surface area (Å²) in [4.78, 5) is 4.32. The maximum absolute atomic E-state index is 5.75. The summed E-state index contributed by atoms with van der Waals surface area (Å²) in [5.74, 6) is 1.78. The van der Waals surface area contributed by atoms with Gasteiger partial charge < -0.3 is 14.5 Å². The van der Waals surface area contributed by atoms with Crippen LogP contribution in [0.15, 0.2) is 59.3 Å². The van der Waals surface area contributed by atoms with Gasteiger partial charge in [0.2, 0.25) is 0 Å². The first-order valence-corrected chi connectivity index (χ1v) is 7.07. The molecule has 1 unspecified atom stereocenters. The van der Waals surface area contributed by atoms with Crippen molar-refractivity contribution in [2.45, 2.75) is 13.0 Å². The quantitative estimate of drug-likeness (QED) is 0.702. The SMILES string of the molecule is CC(NCCOc1ccc2cccnc2c1)c1ccco1. The molecular formula is C17H18N2O2. The van der Waals surface area contributed by atoms with Gasteiger partial charge in [-0.1, -0.05) is 6.07 Å². The van der Waals surface area contributed by atoms with Gasteiger partial charge in [-0.15, -0.1) is 0 Å². The maximum Gasteiger partial charge on any atom is 0.121 e. The van der Waals surface area contributed by atoms with E-state index in [0.29, 0.717) is 6.61 Å². The summed E-state index contributed by atoms with van der Waals surface area (Å²) >= 11 is 0. The molecule has 21 heavy (non-hydrogen) atoms. The van der Waals surface area contributed by atoms with Crippen LogP contribution in [-0.2, 0) is 0 Å². The molecule has 4 heteroatoms. The molecule has 0 saturated heterocycles. The average Bonchev–Trinajstić information content (AvgIpc) is 3.06. The molecule has 0 spiro atoms. The molecule has 4 nitrogen and oxygen atoms in total. The van der Waals surface area contributed by atoms with Crippen LogP contribution >= 0.6 is 0 Å². The Morgan fingerprint density at radius 3 is 3.05 bits per heavy atom. The molecule has 2 heterocycles. The van der Waals surface area contributed by atoms with Gasteiger partial charge in [-0.05, 0) is 37.3 Å². The Bertz CT molecular complexity index is 695. The van der Waals surface area contributed by atoms with Crippen molar-refractivity contribution in [2.24, 2.45) is 0 Å². The molecule has 0 amide bonds. The van der Waals surface area contributed by atoms with Gasteiger partial charge in [-0.25, -0.2) is 0 Å². The van der Waals surface area contributed by atoms with Crippen LogP contribution in [0.5, 0.6) is 5.75 Å². The molecule has 2 aromatic heterocycles.